The summed E-state index contributed by atoms with van der Waals surface area (Å²) in [6.45, 7) is 7.22. The molecule has 134 valence electrons. The van der Waals surface area contributed by atoms with Crippen molar-refractivity contribution in [1.82, 2.24) is 20.4 Å². The molecule has 0 saturated carbocycles. The highest BCUT2D eigenvalue weighted by Crippen LogP contribution is 2.18. The fraction of sp³-hybridized carbons (Fsp3) is 0.474. The summed E-state index contributed by atoms with van der Waals surface area (Å²) in [7, 11) is 0. The van der Waals surface area contributed by atoms with Gasteiger partial charge >= 0.3 is 6.03 Å². The minimum Gasteiger partial charge on any atom is -0.376 e. The number of ether oxygens (including phenoxy) is 1. The minimum absolute atomic E-state index is 0.0109. The molecule has 0 spiro atoms. The fourth-order valence-corrected chi connectivity index (χ4v) is 3.27. The van der Waals surface area contributed by atoms with E-state index in [2.05, 4.69) is 15.7 Å². The summed E-state index contributed by atoms with van der Waals surface area (Å²) >= 11 is 0. The summed E-state index contributed by atoms with van der Waals surface area (Å²) in [5, 5.41) is 10.5. The van der Waals surface area contributed by atoms with E-state index in [0.717, 1.165) is 42.1 Å². The van der Waals surface area contributed by atoms with Crippen LogP contribution in [0.5, 0.6) is 0 Å². The van der Waals surface area contributed by atoms with Crippen LogP contribution in [0.4, 0.5) is 4.79 Å². The summed E-state index contributed by atoms with van der Waals surface area (Å²) < 4.78 is 7.53. The van der Waals surface area contributed by atoms with Crippen molar-refractivity contribution in [3.05, 3.63) is 47.3 Å². The molecule has 1 aliphatic rings. The number of aromatic nitrogens is 2. The summed E-state index contributed by atoms with van der Waals surface area (Å²) in [6.07, 6.45) is 2.19. The van der Waals surface area contributed by atoms with Crippen molar-refractivity contribution in [3.8, 4) is 5.69 Å². The molecule has 2 N–H and O–H groups in total. The first-order chi connectivity index (χ1) is 12.1. The van der Waals surface area contributed by atoms with E-state index >= 15 is 0 Å². The van der Waals surface area contributed by atoms with E-state index < -0.39 is 0 Å². The van der Waals surface area contributed by atoms with Crippen LogP contribution in [-0.4, -0.2) is 34.6 Å². The van der Waals surface area contributed by atoms with Gasteiger partial charge in [-0.3, -0.25) is 0 Å². The molecule has 0 aliphatic carbocycles. The van der Waals surface area contributed by atoms with Crippen LogP contribution in [0.1, 0.15) is 36.7 Å². The molecular formula is C19H26N4O2. The average molecular weight is 342 g/mol. The van der Waals surface area contributed by atoms with Gasteiger partial charge < -0.3 is 15.4 Å². The fourth-order valence-electron chi connectivity index (χ4n) is 3.27. The Morgan fingerprint density at radius 3 is 2.80 bits per heavy atom. The van der Waals surface area contributed by atoms with Gasteiger partial charge in [-0.15, -0.1) is 0 Å². The lowest BCUT2D eigenvalue weighted by atomic mass is 10.1. The van der Waals surface area contributed by atoms with Crippen LogP contribution in [0, 0.1) is 13.8 Å². The maximum atomic E-state index is 12.2. The Balaban J connectivity index is 1.61. The quantitative estimate of drug-likeness (QED) is 0.878. The number of nitrogens with zero attached hydrogens (tertiary/aromatic N) is 2. The summed E-state index contributed by atoms with van der Waals surface area (Å²) in [6, 6.07) is 9.84. The van der Waals surface area contributed by atoms with Crippen molar-refractivity contribution in [1.29, 1.82) is 0 Å². The van der Waals surface area contributed by atoms with Crippen molar-refractivity contribution in [2.75, 3.05) is 6.61 Å². The Hall–Kier alpha value is -2.34. The molecule has 1 fully saturated rings. The molecule has 0 bridgehead atoms. The maximum Gasteiger partial charge on any atom is 0.315 e. The molecule has 1 aliphatic heterocycles. The van der Waals surface area contributed by atoms with Gasteiger partial charge in [0.1, 0.15) is 0 Å². The number of urea groups is 1. The van der Waals surface area contributed by atoms with Crippen LogP contribution < -0.4 is 10.6 Å². The number of rotatable bonds is 5. The molecule has 1 aromatic heterocycles. The van der Waals surface area contributed by atoms with Crippen LogP contribution in [0.2, 0.25) is 0 Å². The van der Waals surface area contributed by atoms with E-state index in [-0.39, 0.29) is 18.2 Å². The average Bonchev–Trinajstić information content (AvgIpc) is 3.23. The topological polar surface area (TPSA) is 68.2 Å². The monoisotopic (exact) mass is 342 g/mol. The highest BCUT2D eigenvalue weighted by molar-refractivity contribution is 5.74. The molecule has 1 aromatic carbocycles. The molecule has 0 unspecified atom stereocenters. The minimum atomic E-state index is -0.172. The molecule has 2 aromatic rings. The van der Waals surface area contributed by atoms with Crippen LogP contribution in [0.25, 0.3) is 5.69 Å². The van der Waals surface area contributed by atoms with Crippen LogP contribution in [-0.2, 0) is 11.3 Å². The molecular weight excluding hydrogens is 316 g/mol. The molecule has 0 radical (unpaired) electrons. The number of hydrogen-bond donors (Lipinski definition) is 2. The number of benzene rings is 1. The van der Waals surface area contributed by atoms with E-state index in [4.69, 9.17) is 4.74 Å². The predicted octanol–water partition coefficient (Wildman–Crippen LogP) is 2.86. The SMILES string of the molecule is Cc1nn(-c2ccccc2)c(C)c1CNC(=O)N[C@@H](C)[C@H]1CCCO1. The van der Waals surface area contributed by atoms with Gasteiger partial charge in [0.25, 0.3) is 0 Å². The summed E-state index contributed by atoms with van der Waals surface area (Å²) in [5.74, 6) is 0. The third-order valence-electron chi connectivity index (χ3n) is 4.75. The van der Waals surface area contributed by atoms with Gasteiger partial charge in [0.15, 0.2) is 0 Å². The summed E-state index contributed by atoms with van der Waals surface area (Å²) in [4.78, 5) is 12.2. The van der Waals surface area contributed by atoms with Gasteiger partial charge in [-0.2, -0.15) is 5.10 Å². The zero-order chi connectivity index (χ0) is 17.8. The largest absolute Gasteiger partial charge is 0.376 e. The molecule has 6 nitrogen and oxygen atoms in total. The highest BCUT2D eigenvalue weighted by atomic mass is 16.5. The predicted molar refractivity (Wildman–Crippen MR) is 96.8 cm³/mol. The van der Waals surface area contributed by atoms with Gasteiger partial charge in [0.05, 0.1) is 23.5 Å². The van der Waals surface area contributed by atoms with E-state index in [1.807, 2.05) is 55.8 Å². The van der Waals surface area contributed by atoms with Crippen molar-refractivity contribution >= 4 is 6.03 Å². The number of carbonyl (C=O) groups is 1. The first-order valence-electron chi connectivity index (χ1n) is 8.82. The lowest BCUT2D eigenvalue weighted by Crippen LogP contribution is -2.45. The Morgan fingerprint density at radius 1 is 1.36 bits per heavy atom. The van der Waals surface area contributed by atoms with Gasteiger partial charge in [0, 0.05) is 24.4 Å². The number of amides is 2. The lowest BCUT2D eigenvalue weighted by Gasteiger charge is -2.20. The van der Waals surface area contributed by atoms with Crippen molar-refractivity contribution < 1.29 is 9.53 Å². The Bertz CT molecular complexity index is 721. The van der Waals surface area contributed by atoms with E-state index in [9.17, 15) is 4.79 Å². The first kappa shape index (κ1) is 17.5. The smallest absolute Gasteiger partial charge is 0.315 e. The van der Waals surface area contributed by atoms with Crippen molar-refractivity contribution in [2.45, 2.75) is 52.3 Å². The van der Waals surface area contributed by atoms with Gasteiger partial charge in [-0.1, -0.05) is 18.2 Å². The normalized spacial score (nSPS) is 18.1. The summed E-state index contributed by atoms with van der Waals surface area (Å²) in [5.41, 5.74) is 4.03. The maximum absolute atomic E-state index is 12.2. The highest BCUT2D eigenvalue weighted by Gasteiger charge is 2.23. The molecule has 25 heavy (non-hydrogen) atoms. The first-order valence-corrected chi connectivity index (χ1v) is 8.82. The molecule has 6 heteroatoms. The Morgan fingerprint density at radius 2 is 2.12 bits per heavy atom. The molecule has 2 atom stereocenters. The van der Waals surface area contributed by atoms with E-state index in [1.165, 1.54) is 0 Å². The van der Waals surface area contributed by atoms with Gasteiger partial charge in [-0.25, -0.2) is 9.48 Å². The number of hydrogen-bond acceptors (Lipinski definition) is 3. The number of carbonyl (C=O) groups excluding carboxylic acids is 1. The van der Waals surface area contributed by atoms with Crippen molar-refractivity contribution in [2.24, 2.45) is 0 Å². The van der Waals surface area contributed by atoms with Crippen LogP contribution in [0.15, 0.2) is 30.3 Å². The van der Waals surface area contributed by atoms with Crippen LogP contribution in [0.3, 0.4) is 0 Å². The number of nitrogens with one attached hydrogen (secondary N) is 2. The second-order valence-corrected chi connectivity index (χ2v) is 6.56. The Kier molecular flexibility index (Phi) is 5.38. The van der Waals surface area contributed by atoms with Gasteiger partial charge in [-0.05, 0) is 45.7 Å². The third kappa shape index (κ3) is 4.02. The zero-order valence-electron chi connectivity index (χ0n) is 15.1. The van der Waals surface area contributed by atoms with Gasteiger partial charge in [0.2, 0.25) is 0 Å². The molecule has 2 amide bonds. The molecule has 1 saturated heterocycles. The second-order valence-electron chi connectivity index (χ2n) is 6.56. The molecule has 3 rings (SSSR count). The third-order valence-corrected chi connectivity index (χ3v) is 4.75. The Labute approximate surface area is 148 Å². The van der Waals surface area contributed by atoms with E-state index in [1.54, 1.807) is 0 Å². The zero-order valence-corrected chi connectivity index (χ0v) is 15.1. The molecule has 2 heterocycles. The number of aryl methyl sites for hydroxylation is 1. The van der Waals surface area contributed by atoms with E-state index in [0.29, 0.717) is 6.54 Å². The van der Waals surface area contributed by atoms with Crippen LogP contribution >= 0.6 is 0 Å². The second kappa shape index (κ2) is 7.70. The standard InChI is InChI=1S/C19H26N4O2/c1-13-17(15(3)23(22-13)16-8-5-4-6-9-16)12-20-19(24)21-14(2)18-10-7-11-25-18/h4-6,8-9,14,18H,7,10-12H2,1-3H3,(H2,20,21,24)/t14-,18+/m0/s1. The lowest BCUT2D eigenvalue weighted by molar-refractivity contribution is 0.0860. The van der Waals surface area contributed by atoms with Crippen molar-refractivity contribution in [3.63, 3.8) is 0 Å². The number of para-hydroxylation sites is 1.